The maximum absolute atomic E-state index is 11.4. The molecule has 5 heteroatoms. The summed E-state index contributed by atoms with van der Waals surface area (Å²) in [5.41, 5.74) is 2.79. The first-order valence-corrected chi connectivity index (χ1v) is 4.74. The first-order chi connectivity index (χ1) is 7.24. The molecule has 0 saturated heterocycles. The zero-order valence-electron chi connectivity index (χ0n) is 8.51. The Hall–Kier alpha value is -1.91. The highest BCUT2D eigenvalue weighted by molar-refractivity contribution is 5.94. The lowest BCUT2D eigenvalue weighted by Crippen LogP contribution is -2.26. The minimum absolute atomic E-state index is 0.317. The van der Waals surface area contributed by atoms with Crippen LogP contribution in [0.15, 0.2) is 29.6 Å². The molecule has 0 spiro atoms. The van der Waals surface area contributed by atoms with Crippen LogP contribution in [0.3, 0.4) is 0 Å². The van der Waals surface area contributed by atoms with Crippen molar-refractivity contribution in [1.82, 2.24) is 5.43 Å². The van der Waals surface area contributed by atoms with Gasteiger partial charge in [0.25, 0.3) is 5.91 Å². The first kappa shape index (κ1) is 11.2. The Morgan fingerprint density at radius 3 is 2.87 bits per heavy atom. The molecule has 1 heterocycles. The van der Waals surface area contributed by atoms with Crippen LogP contribution in [0.4, 0.5) is 0 Å². The molecule has 0 aliphatic rings. The van der Waals surface area contributed by atoms with Crippen molar-refractivity contribution >= 4 is 12.1 Å². The van der Waals surface area contributed by atoms with Crippen molar-refractivity contribution in [3.63, 3.8) is 0 Å². The third-order valence-corrected chi connectivity index (χ3v) is 1.74. The molecule has 5 nitrogen and oxygen atoms in total. The molecule has 0 aromatic carbocycles. The van der Waals surface area contributed by atoms with Crippen molar-refractivity contribution in [2.45, 2.75) is 19.8 Å². The topological polar surface area (TPSA) is 68.4 Å². The van der Waals surface area contributed by atoms with Gasteiger partial charge in [-0.25, -0.2) is 5.43 Å². The van der Waals surface area contributed by atoms with E-state index in [0.717, 1.165) is 12.8 Å². The lowest BCUT2D eigenvalue weighted by molar-refractivity contribution is -0.605. The summed E-state index contributed by atoms with van der Waals surface area (Å²) in [7, 11) is 0. The van der Waals surface area contributed by atoms with Crippen LogP contribution in [0.1, 0.15) is 30.1 Å². The number of nitrogens with zero attached hydrogens (tertiary/aromatic N) is 2. The van der Waals surface area contributed by atoms with E-state index < -0.39 is 0 Å². The highest BCUT2D eigenvalue weighted by Gasteiger charge is 2.04. The van der Waals surface area contributed by atoms with Crippen molar-refractivity contribution in [3.8, 4) is 0 Å². The second-order valence-corrected chi connectivity index (χ2v) is 2.99. The van der Waals surface area contributed by atoms with Gasteiger partial charge in [-0.2, -0.15) is 9.83 Å². The summed E-state index contributed by atoms with van der Waals surface area (Å²) in [4.78, 5) is 11.4. The number of aromatic nitrogens is 1. The third-order valence-electron chi connectivity index (χ3n) is 1.74. The van der Waals surface area contributed by atoms with Crippen LogP contribution in [0.5, 0.6) is 0 Å². The highest BCUT2D eigenvalue weighted by atomic mass is 16.5. The number of unbranched alkanes of at least 4 members (excludes halogenated alkanes) is 1. The molecule has 0 bridgehead atoms. The van der Waals surface area contributed by atoms with Gasteiger partial charge in [-0.15, -0.1) is 0 Å². The van der Waals surface area contributed by atoms with Crippen LogP contribution in [0.25, 0.3) is 0 Å². The first-order valence-electron chi connectivity index (χ1n) is 4.74. The highest BCUT2D eigenvalue weighted by Crippen LogP contribution is 1.94. The summed E-state index contributed by atoms with van der Waals surface area (Å²) < 4.78 is 0.622. The summed E-state index contributed by atoms with van der Waals surface area (Å²) >= 11 is 0. The van der Waals surface area contributed by atoms with E-state index in [2.05, 4.69) is 10.5 Å². The molecule has 0 atom stereocenters. The third kappa shape index (κ3) is 3.76. The molecule has 1 aromatic rings. The number of hydrogen-bond acceptors (Lipinski definition) is 3. The number of carbonyl (C=O) groups excluding carboxylic acids is 1. The SMILES string of the molecule is CCCC=NNC(=O)c1cc[n+]([O-])cc1. The van der Waals surface area contributed by atoms with Gasteiger partial charge < -0.3 is 5.21 Å². The van der Waals surface area contributed by atoms with E-state index in [1.165, 1.54) is 24.5 Å². The average Bonchev–Trinajstić information content (AvgIpc) is 2.25. The maximum atomic E-state index is 11.4. The van der Waals surface area contributed by atoms with Gasteiger partial charge in [0.1, 0.15) is 0 Å². The fourth-order valence-corrected chi connectivity index (χ4v) is 0.927. The number of carbonyl (C=O) groups is 1. The summed E-state index contributed by atoms with van der Waals surface area (Å²) in [6.07, 6.45) is 6.00. The normalized spacial score (nSPS) is 10.5. The molecular weight excluding hydrogens is 194 g/mol. The molecule has 0 aliphatic heterocycles. The van der Waals surface area contributed by atoms with Gasteiger partial charge in [0.15, 0.2) is 12.4 Å². The standard InChI is InChI=1S/C10H13N3O2/c1-2-3-6-11-12-10(14)9-4-7-13(15)8-5-9/h4-8H,2-3H2,1H3,(H,12,14). The van der Waals surface area contributed by atoms with Crippen LogP contribution < -0.4 is 10.2 Å². The fourth-order valence-electron chi connectivity index (χ4n) is 0.927. The monoisotopic (exact) mass is 207 g/mol. The predicted molar refractivity (Wildman–Crippen MR) is 56.3 cm³/mol. The Morgan fingerprint density at radius 1 is 1.60 bits per heavy atom. The van der Waals surface area contributed by atoms with Crippen LogP contribution in [-0.2, 0) is 0 Å². The molecule has 80 valence electrons. The van der Waals surface area contributed by atoms with Gasteiger partial charge in [0, 0.05) is 18.3 Å². The molecule has 0 unspecified atom stereocenters. The zero-order chi connectivity index (χ0) is 11.1. The van der Waals surface area contributed by atoms with E-state index in [4.69, 9.17) is 0 Å². The van der Waals surface area contributed by atoms with Gasteiger partial charge >= 0.3 is 0 Å². The number of hydrogen-bond donors (Lipinski definition) is 1. The van der Waals surface area contributed by atoms with Crippen molar-refractivity contribution in [2.24, 2.45) is 5.10 Å². The van der Waals surface area contributed by atoms with Gasteiger partial charge in [-0.3, -0.25) is 4.79 Å². The van der Waals surface area contributed by atoms with Gasteiger partial charge in [-0.05, 0) is 6.42 Å². The van der Waals surface area contributed by atoms with Crippen LogP contribution in [-0.4, -0.2) is 12.1 Å². The summed E-state index contributed by atoms with van der Waals surface area (Å²) in [5, 5.41) is 14.4. The molecule has 0 radical (unpaired) electrons. The molecule has 1 amide bonds. The van der Waals surface area contributed by atoms with Crippen LogP contribution in [0.2, 0.25) is 0 Å². The lowest BCUT2D eigenvalue weighted by atomic mass is 10.2. The number of hydrazone groups is 1. The molecule has 15 heavy (non-hydrogen) atoms. The van der Waals surface area contributed by atoms with E-state index in [1.807, 2.05) is 6.92 Å². The Balaban J connectivity index is 2.50. The maximum Gasteiger partial charge on any atom is 0.271 e. The molecule has 1 rings (SSSR count). The Labute approximate surface area is 88.0 Å². The van der Waals surface area contributed by atoms with E-state index in [1.54, 1.807) is 6.21 Å². The molecule has 1 aromatic heterocycles. The quantitative estimate of drug-likeness (QED) is 0.344. The molecule has 0 aliphatic carbocycles. The molecular formula is C10H13N3O2. The summed E-state index contributed by atoms with van der Waals surface area (Å²) in [6, 6.07) is 2.88. The van der Waals surface area contributed by atoms with Crippen LogP contribution >= 0.6 is 0 Å². The van der Waals surface area contributed by atoms with Gasteiger partial charge in [0.2, 0.25) is 0 Å². The van der Waals surface area contributed by atoms with Crippen molar-refractivity contribution < 1.29 is 9.52 Å². The van der Waals surface area contributed by atoms with Crippen molar-refractivity contribution in [3.05, 3.63) is 35.3 Å². The van der Waals surface area contributed by atoms with Gasteiger partial charge in [-0.1, -0.05) is 13.3 Å². The smallest absolute Gasteiger partial charge is 0.271 e. The molecule has 1 N–H and O–H groups in total. The number of amides is 1. The lowest BCUT2D eigenvalue weighted by Gasteiger charge is -1.99. The molecule has 0 fully saturated rings. The summed E-state index contributed by atoms with van der Waals surface area (Å²) in [5.74, 6) is -0.317. The zero-order valence-corrected chi connectivity index (χ0v) is 8.51. The second kappa shape index (κ2) is 5.74. The minimum atomic E-state index is -0.317. The van der Waals surface area contributed by atoms with E-state index in [9.17, 15) is 10.0 Å². The average molecular weight is 207 g/mol. The largest absolute Gasteiger partial charge is 0.619 e. The van der Waals surface area contributed by atoms with E-state index >= 15 is 0 Å². The number of pyridine rings is 1. The van der Waals surface area contributed by atoms with E-state index in [-0.39, 0.29) is 5.91 Å². The summed E-state index contributed by atoms with van der Waals surface area (Å²) in [6.45, 7) is 2.03. The fraction of sp³-hybridized carbons (Fsp3) is 0.300. The Kier molecular flexibility index (Phi) is 4.28. The Morgan fingerprint density at radius 2 is 2.27 bits per heavy atom. The number of nitrogens with one attached hydrogen (secondary N) is 1. The van der Waals surface area contributed by atoms with Crippen molar-refractivity contribution in [1.29, 1.82) is 0 Å². The second-order valence-electron chi connectivity index (χ2n) is 2.99. The predicted octanol–water partition coefficient (Wildman–Crippen LogP) is 0.836. The van der Waals surface area contributed by atoms with E-state index in [0.29, 0.717) is 10.3 Å². The minimum Gasteiger partial charge on any atom is -0.619 e. The Bertz CT molecular complexity index is 346. The van der Waals surface area contributed by atoms with Crippen LogP contribution in [0, 0.1) is 5.21 Å². The van der Waals surface area contributed by atoms with Crippen molar-refractivity contribution in [2.75, 3.05) is 0 Å². The number of rotatable bonds is 4. The molecule has 0 saturated carbocycles. The van der Waals surface area contributed by atoms with Gasteiger partial charge in [0.05, 0.1) is 5.56 Å².